The minimum Gasteiger partial charge on any atom is -0.371 e. The number of rotatable bonds is 2. The first kappa shape index (κ1) is 10.7. The fourth-order valence-corrected chi connectivity index (χ4v) is 1.88. The molecule has 0 aliphatic carbocycles. The minimum absolute atomic E-state index is 0.230. The molecule has 1 fully saturated rings. The fourth-order valence-electron chi connectivity index (χ4n) is 1.88. The maximum atomic E-state index is 5.84. The second kappa shape index (κ2) is 4.77. The van der Waals surface area contributed by atoms with Crippen molar-refractivity contribution < 1.29 is 4.74 Å². The lowest BCUT2D eigenvalue weighted by Crippen LogP contribution is -2.42. The van der Waals surface area contributed by atoms with E-state index in [0.29, 0.717) is 6.04 Å². The maximum absolute atomic E-state index is 5.84. The lowest BCUT2D eigenvalue weighted by Gasteiger charge is -2.30. The first-order chi connectivity index (χ1) is 7.29. The molecule has 1 aliphatic heterocycles. The Hall–Kier alpha value is -0.860. The summed E-state index contributed by atoms with van der Waals surface area (Å²) in [5.41, 5.74) is 2.58. The summed E-state index contributed by atoms with van der Waals surface area (Å²) in [5, 5.41) is 3.51. The number of ether oxygens (including phenoxy) is 1. The number of hydrogen-bond acceptors (Lipinski definition) is 2. The Balaban J connectivity index is 1.98. The standard InChI is InChI=1S/C13H19NO/c1-3-12-9-15-13(8-14-12)11-6-4-10(2)5-7-11/h4-7,12-14H,3,8-9H2,1-2H3. The third-order valence-electron chi connectivity index (χ3n) is 3.03. The van der Waals surface area contributed by atoms with Crippen LogP contribution in [0.1, 0.15) is 30.6 Å². The van der Waals surface area contributed by atoms with Crippen molar-refractivity contribution in [1.82, 2.24) is 5.32 Å². The summed E-state index contributed by atoms with van der Waals surface area (Å²) in [6, 6.07) is 9.14. The quantitative estimate of drug-likeness (QED) is 0.800. The topological polar surface area (TPSA) is 21.3 Å². The van der Waals surface area contributed by atoms with Gasteiger partial charge in [0.05, 0.1) is 12.7 Å². The summed E-state index contributed by atoms with van der Waals surface area (Å²) in [5.74, 6) is 0. The second-order valence-electron chi connectivity index (χ2n) is 4.25. The molecule has 1 aromatic rings. The van der Waals surface area contributed by atoms with E-state index in [9.17, 15) is 0 Å². The highest BCUT2D eigenvalue weighted by Gasteiger charge is 2.20. The summed E-state index contributed by atoms with van der Waals surface area (Å²) in [4.78, 5) is 0. The predicted molar refractivity (Wildman–Crippen MR) is 62.0 cm³/mol. The van der Waals surface area contributed by atoms with Crippen LogP contribution in [0.3, 0.4) is 0 Å². The van der Waals surface area contributed by atoms with Crippen LogP contribution >= 0.6 is 0 Å². The number of nitrogens with one attached hydrogen (secondary N) is 1. The molecule has 15 heavy (non-hydrogen) atoms. The first-order valence-electron chi connectivity index (χ1n) is 5.71. The normalized spacial score (nSPS) is 26.5. The molecule has 0 saturated carbocycles. The molecule has 2 unspecified atom stereocenters. The van der Waals surface area contributed by atoms with Crippen LogP contribution in [0.4, 0.5) is 0 Å². The molecule has 0 radical (unpaired) electrons. The molecule has 0 amide bonds. The highest BCUT2D eigenvalue weighted by Crippen LogP contribution is 2.20. The van der Waals surface area contributed by atoms with Gasteiger partial charge in [-0.05, 0) is 18.9 Å². The maximum Gasteiger partial charge on any atom is 0.0950 e. The van der Waals surface area contributed by atoms with Gasteiger partial charge >= 0.3 is 0 Å². The van der Waals surface area contributed by atoms with E-state index in [1.54, 1.807) is 0 Å². The van der Waals surface area contributed by atoms with E-state index in [0.717, 1.165) is 19.6 Å². The fraction of sp³-hybridized carbons (Fsp3) is 0.538. The van der Waals surface area contributed by atoms with E-state index in [-0.39, 0.29) is 6.10 Å². The van der Waals surface area contributed by atoms with Gasteiger partial charge in [0.2, 0.25) is 0 Å². The Morgan fingerprint density at radius 2 is 2.07 bits per heavy atom. The van der Waals surface area contributed by atoms with Crippen molar-refractivity contribution in [3.63, 3.8) is 0 Å². The van der Waals surface area contributed by atoms with Crippen molar-refractivity contribution in [1.29, 1.82) is 0 Å². The third kappa shape index (κ3) is 2.58. The summed E-state index contributed by atoms with van der Waals surface area (Å²) in [6.07, 6.45) is 1.37. The zero-order chi connectivity index (χ0) is 10.7. The van der Waals surface area contributed by atoms with Crippen molar-refractivity contribution in [3.8, 4) is 0 Å². The van der Waals surface area contributed by atoms with Crippen LogP contribution in [0, 0.1) is 6.92 Å². The number of aryl methyl sites for hydroxylation is 1. The van der Waals surface area contributed by atoms with Crippen molar-refractivity contribution in [3.05, 3.63) is 35.4 Å². The smallest absolute Gasteiger partial charge is 0.0950 e. The predicted octanol–water partition coefficient (Wildman–Crippen LogP) is 2.43. The van der Waals surface area contributed by atoms with Gasteiger partial charge in [-0.25, -0.2) is 0 Å². The molecule has 2 rings (SSSR count). The lowest BCUT2D eigenvalue weighted by molar-refractivity contribution is 0.00223. The van der Waals surface area contributed by atoms with Gasteiger partial charge in [0.25, 0.3) is 0 Å². The van der Waals surface area contributed by atoms with E-state index < -0.39 is 0 Å². The van der Waals surface area contributed by atoms with Crippen molar-refractivity contribution in [2.45, 2.75) is 32.4 Å². The summed E-state index contributed by atoms with van der Waals surface area (Å²) in [7, 11) is 0. The minimum atomic E-state index is 0.230. The third-order valence-corrected chi connectivity index (χ3v) is 3.03. The average molecular weight is 205 g/mol. The van der Waals surface area contributed by atoms with Gasteiger partial charge in [0, 0.05) is 12.6 Å². The van der Waals surface area contributed by atoms with Gasteiger partial charge in [-0.2, -0.15) is 0 Å². The molecule has 82 valence electrons. The molecule has 2 atom stereocenters. The van der Waals surface area contributed by atoms with Crippen LogP contribution in [-0.2, 0) is 4.74 Å². The van der Waals surface area contributed by atoms with Gasteiger partial charge in [0.1, 0.15) is 0 Å². The second-order valence-corrected chi connectivity index (χ2v) is 4.25. The molecule has 1 aromatic carbocycles. The molecule has 0 aromatic heterocycles. The van der Waals surface area contributed by atoms with Crippen LogP contribution in [0.15, 0.2) is 24.3 Å². The molecular formula is C13H19NO. The Morgan fingerprint density at radius 1 is 1.33 bits per heavy atom. The summed E-state index contributed by atoms with van der Waals surface area (Å²) >= 11 is 0. The van der Waals surface area contributed by atoms with E-state index in [1.165, 1.54) is 11.1 Å². The largest absolute Gasteiger partial charge is 0.371 e. The Morgan fingerprint density at radius 3 is 2.60 bits per heavy atom. The van der Waals surface area contributed by atoms with Gasteiger partial charge in [-0.15, -0.1) is 0 Å². The average Bonchev–Trinajstić information content (AvgIpc) is 2.30. The summed E-state index contributed by atoms with van der Waals surface area (Å²) < 4.78 is 5.84. The number of morpholine rings is 1. The lowest BCUT2D eigenvalue weighted by atomic mass is 10.1. The molecule has 2 heteroatoms. The van der Waals surface area contributed by atoms with Gasteiger partial charge in [-0.1, -0.05) is 36.8 Å². The summed E-state index contributed by atoms with van der Waals surface area (Å²) in [6.45, 7) is 6.06. The highest BCUT2D eigenvalue weighted by atomic mass is 16.5. The molecule has 0 bridgehead atoms. The van der Waals surface area contributed by atoms with E-state index in [2.05, 4.69) is 43.4 Å². The SMILES string of the molecule is CCC1COC(c2ccc(C)cc2)CN1. The van der Waals surface area contributed by atoms with Crippen LogP contribution in [-0.4, -0.2) is 19.2 Å². The van der Waals surface area contributed by atoms with Gasteiger partial charge in [-0.3, -0.25) is 0 Å². The van der Waals surface area contributed by atoms with Crippen LogP contribution in [0.25, 0.3) is 0 Å². The molecule has 2 nitrogen and oxygen atoms in total. The zero-order valence-electron chi connectivity index (χ0n) is 9.49. The van der Waals surface area contributed by atoms with Crippen molar-refractivity contribution in [2.24, 2.45) is 0 Å². The molecule has 1 heterocycles. The first-order valence-corrected chi connectivity index (χ1v) is 5.71. The van der Waals surface area contributed by atoms with Crippen LogP contribution < -0.4 is 5.32 Å². The molecule has 1 saturated heterocycles. The molecule has 1 N–H and O–H groups in total. The van der Waals surface area contributed by atoms with Crippen molar-refractivity contribution >= 4 is 0 Å². The Labute approximate surface area is 91.6 Å². The van der Waals surface area contributed by atoms with E-state index in [1.807, 2.05) is 0 Å². The van der Waals surface area contributed by atoms with Gasteiger partial charge < -0.3 is 10.1 Å². The molecular weight excluding hydrogens is 186 g/mol. The highest BCUT2D eigenvalue weighted by molar-refractivity contribution is 5.23. The van der Waals surface area contributed by atoms with Crippen LogP contribution in [0.5, 0.6) is 0 Å². The van der Waals surface area contributed by atoms with Gasteiger partial charge in [0.15, 0.2) is 0 Å². The molecule has 1 aliphatic rings. The number of hydrogen-bond donors (Lipinski definition) is 1. The number of benzene rings is 1. The van der Waals surface area contributed by atoms with E-state index in [4.69, 9.17) is 4.74 Å². The Bertz CT molecular complexity index is 299. The van der Waals surface area contributed by atoms with Crippen molar-refractivity contribution in [2.75, 3.05) is 13.2 Å². The van der Waals surface area contributed by atoms with E-state index >= 15 is 0 Å². The molecule has 0 spiro atoms. The van der Waals surface area contributed by atoms with Crippen LogP contribution in [0.2, 0.25) is 0 Å². The Kier molecular flexibility index (Phi) is 3.39. The monoisotopic (exact) mass is 205 g/mol. The zero-order valence-corrected chi connectivity index (χ0v) is 9.49.